The summed E-state index contributed by atoms with van der Waals surface area (Å²) in [5, 5.41) is 13.8. The van der Waals surface area contributed by atoms with Gasteiger partial charge in [0.05, 0.1) is 24.4 Å². The number of ether oxygens (including phenoxy) is 1. The lowest BCUT2D eigenvalue weighted by molar-refractivity contribution is -0.0702. The number of likely N-dealkylation sites (tertiary alicyclic amines) is 1. The lowest BCUT2D eigenvalue weighted by Crippen LogP contribution is -2.58. The van der Waals surface area contributed by atoms with Crippen LogP contribution in [-0.2, 0) is 10.2 Å². The van der Waals surface area contributed by atoms with Crippen molar-refractivity contribution in [3.05, 3.63) is 47.7 Å². The molecule has 2 bridgehead atoms. The minimum absolute atomic E-state index is 0.159. The number of amides is 1. The Balaban J connectivity index is 1.01. The first-order valence-corrected chi connectivity index (χ1v) is 14.8. The number of nitrogens with one attached hydrogen (secondary N) is 1. The topological polar surface area (TPSA) is 104 Å². The summed E-state index contributed by atoms with van der Waals surface area (Å²) in [6.07, 6.45) is 7.75. The van der Waals surface area contributed by atoms with Gasteiger partial charge in [0.2, 0.25) is 0 Å². The van der Waals surface area contributed by atoms with Gasteiger partial charge in [-0.05, 0) is 68.1 Å². The van der Waals surface area contributed by atoms with Gasteiger partial charge >= 0.3 is 0 Å². The number of fused-ring (bicyclic) bond motifs is 4. The van der Waals surface area contributed by atoms with Crippen LogP contribution in [0.2, 0.25) is 0 Å². The number of aromatic nitrogens is 1. The van der Waals surface area contributed by atoms with E-state index in [9.17, 15) is 9.90 Å². The van der Waals surface area contributed by atoms with Crippen molar-refractivity contribution in [2.24, 2.45) is 5.92 Å². The van der Waals surface area contributed by atoms with Crippen LogP contribution >= 0.6 is 0 Å². The summed E-state index contributed by atoms with van der Waals surface area (Å²) in [7, 11) is 0. The lowest BCUT2D eigenvalue weighted by atomic mass is 9.63. The Kier molecular flexibility index (Phi) is 6.23. The smallest absolute Gasteiger partial charge is 0.255 e. The maximum atomic E-state index is 13.3. The van der Waals surface area contributed by atoms with Crippen LogP contribution < -0.4 is 11.1 Å². The van der Waals surface area contributed by atoms with E-state index >= 15 is 0 Å². The molecule has 208 valence electrons. The van der Waals surface area contributed by atoms with Crippen molar-refractivity contribution in [2.75, 3.05) is 58.2 Å². The van der Waals surface area contributed by atoms with Crippen LogP contribution in [0.1, 0.15) is 60.9 Å². The van der Waals surface area contributed by atoms with Gasteiger partial charge in [-0.3, -0.25) is 9.69 Å². The number of nitrogens with zero attached hydrogens (tertiary/aromatic N) is 3. The number of rotatable bonds is 7. The fourth-order valence-corrected chi connectivity index (χ4v) is 7.78. The Bertz CT molecular complexity index is 1220. The minimum atomic E-state index is -0.529. The highest BCUT2D eigenvalue weighted by Gasteiger charge is 2.60. The molecular weight excluding hydrogens is 490 g/mol. The molecule has 2 aliphatic heterocycles. The number of morpholine rings is 1. The Morgan fingerprint density at radius 2 is 1.72 bits per heavy atom. The molecule has 1 aromatic carbocycles. The normalized spacial score (nSPS) is 34.1. The first kappa shape index (κ1) is 25.4. The Hall–Kier alpha value is -2.52. The molecule has 2 atom stereocenters. The maximum Gasteiger partial charge on any atom is 0.255 e. The second-order valence-electron chi connectivity index (χ2n) is 12.9. The molecule has 2 aromatic rings. The summed E-state index contributed by atoms with van der Waals surface area (Å²) in [6, 6.07) is 10.8. The molecule has 1 amide bonds. The van der Waals surface area contributed by atoms with E-state index in [1.807, 2.05) is 6.07 Å². The molecule has 0 radical (unpaired) electrons. The van der Waals surface area contributed by atoms with Crippen molar-refractivity contribution in [3.8, 4) is 11.1 Å². The van der Waals surface area contributed by atoms with Crippen molar-refractivity contribution in [2.45, 2.75) is 61.5 Å². The number of hydrogen-bond donors (Lipinski definition) is 3. The van der Waals surface area contributed by atoms with Gasteiger partial charge < -0.3 is 25.8 Å². The van der Waals surface area contributed by atoms with Crippen LogP contribution in [0.15, 0.2) is 36.5 Å². The number of aliphatic hydroxyl groups is 1. The van der Waals surface area contributed by atoms with Gasteiger partial charge in [-0.2, -0.15) is 0 Å². The fraction of sp³-hybridized carbons (Fsp3) is 0.613. The number of nitrogen functional groups attached to an aromatic ring is 1. The zero-order valence-electron chi connectivity index (χ0n) is 22.8. The second kappa shape index (κ2) is 9.54. The first-order chi connectivity index (χ1) is 18.9. The average Bonchev–Trinajstić information content (AvgIpc) is 3.54. The van der Waals surface area contributed by atoms with Crippen LogP contribution in [0, 0.1) is 5.92 Å². The van der Waals surface area contributed by atoms with E-state index in [1.165, 1.54) is 18.5 Å². The number of carbonyl (C=O) groups is 1. The van der Waals surface area contributed by atoms with Crippen LogP contribution in [-0.4, -0.2) is 89.4 Å². The number of piperidine rings is 1. The highest BCUT2D eigenvalue weighted by Crippen LogP contribution is 2.59. The van der Waals surface area contributed by atoms with Gasteiger partial charge in [-0.15, -0.1) is 0 Å². The summed E-state index contributed by atoms with van der Waals surface area (Å²) in [6.45, 7) is 8.45. The predicted molar refractivity (Wildman–Crippen MR) is 150 cm³/mol. The van der Waals surface area contributed by atoms with E-state index in [2.05, 4.69) is 44.4 Å². The Morgan fingerprint density at radius 1 is 1.03 bits per heavy atom. The van der Waals surface area contributed by atoms with E-state index in [4.69, 9.17) is 10.5 Å². The third kappa shape index (κ3) is 4.75. The molecule has 3 heterocycles. The molecule has 1 aromatic heterocycles. The molecule has 8 heteroatoms. The Labute approximate surface area is 230 Å². The molecule has 6 fully saturated rings. The van der Waals surface area contributed by atoms with Gasteiger partial charge in [-0.1, -0.05) is 24.3 Å². The largest absolute Gasteiger partial charge is 0.390 e. The molecule has 4 saturated carbocycles. The van der Waals surface area contributed by atoms with Gasteiger partial charge in [0.1, 0.15) is 5.82 Å². The zero-order valence-corrected chi connectivity index (χ0v) is 22.8. The van der Waals surface area contributed by atoms with Gasteiger partial charge in [0, 0.05) is 62.0 Å². The van der Waals surface area contributed by atoms with Crippen LogP contribution in [0.5, 0.6) is 0 Å². The van der Waals surface area contributed by atoms with Crippen molar-refractivity contribution >= 4 is 11.7 Å². The highest BCUT2D eigenvalue weighted by molar-refractivity contribution is 5.99. The van der Waals surface area contributed by atoms with Gasteiger partial charge in [-0.25, -0.2) is 4.98 Å². The number of anilines is 1. The van der Waals surface area contributed by atoms with Crippen molar-refractivity contribution in [3.63, 3.8) is 0 Å². The maximum absolute atomic E-state index is 13.3. The van der Waals surface area contributed by atoms with Gasteiger partial charge in [0.15, 0.2) is 0 Å². The second-order valence-corrected chi connectivity index (χ2v) is 12.9. The van der Waals surface area contributed by atoms with E-state index in [0.717, 1.165) is 102 Å². The number of benzene rings is 1. The van der Waals surface area contributed by atoms with Crippen molar-refractivity contribution in [1.82, 2.24) is 20.1 Å². The molecule has 6 aliphatic rings. The Morgan fingerprint density at radius 3 is 2.44 bits per heavy atom. The molecule has 2 unspecified atom stereocenters. The standard InChI is InChI=1S/C31H41N5O3/c32-27-26(28(37)34-29-5-8-30(38,9-6-29)10-7-29)17-23(19-33-27)22-1-3-24(4-2-22)31-18-25(31)20-36(21-31)12-11-35-13-15-39-16-14-35/h1-4,17,19,25,38H,5-16,18,20-21H2,(H2,32,33)(H,34,37). The van der Waals surface area contributed by atoms with E-state index in [0.29, 0.717) is 11.0 Å². The zero-order chi connectivity index (χ0) is 26.7. The van der Waals surface area contributed by atoms with E-state index < -0.39 is 5.60 Å². The van der Waals surface area contributed by atoms with Crippen molar-refractivity contribution < 1.29 is 14.6 Å². The summed E-state index contributed by atoms with van der Waals surface area (Å²) in [5.41, 5.74) is 9.54. The third-order valence-corrected chi connectivity index (χ3v) is 10.6. The molecule has 2 saturated heterocycles. The number of carbonyl (C=O) groups excluding carboxylic acids is 1. The van der Waals surface area contributed by atoms with Gasteiger partial charge in [0.25, 0.3) is 5.91 Å². The monoisotopic (exact) mass is 531 g/mol. The molecule has 39 heavy (non-hydrogen) atoms. The molecule has 4 aliphatic carbocycles. The number of hydrogen-bond acceptors (Lipinski definition) is 7. The lowest BCUT2D eigenvalue weighted by Gasteiger charge is -2.51. The highest BCUT2D eigenvalue weighted by atomic mass is 16.5. The third-order valence-electron chi connectivity index (χ3n) is 10.6. The van der Waals surface area contributed by atoms with Crippen LogP contribution in [0.25, 0.3) is 11.1 Å². The molecule has 8 nitrogen and oxygen atoms in total. The summed E-state index contributed by atoms with van der Waals surface area (Å²) >= 11 is 0. The summed E-state index contributed by atoms with van der Waals surface area (Å²) in [4.78, 5) is 22.9. The minimum Gasteiger partial charge on any atom is -0.390 e. The summed E-state index contributed by atoms with van der Waals surface area (Å²) in [5.74, 6) is 0.861. The van der Waals surface area contributed by atoms with Crippen LogP contribution in [0.3, 0.4) is 0 Å². The average molecular weight is 532 g/mol. The first-order valence-electron chi connectivity index (χ1n) is 14.8. The van der Waals surface area contributed by atoms with Crippen molar-refractivity contribution in [1.29, 1.82) is 0 Å². The fourth-order valence-electron chi connectivity index (χ4n) is 7.78. The van der Waals surface area contributed by atoms with E-state index in [1.54, 1.807) is 6.20 Å². The molecular formula is C31H41N5O3. The molecule has 4 N–H and O–H groups in total. The van der Waals surface area contributed by atoms with Crippen LogP contribution in [0.4, 0.5) is 5.82 Å². The molecule has 0 spiro atoms. The number of nitrogens with two attached hydrogens (primary N) is 1. The SMILES string of the molecule is Nc1ncc(-c2ccc(C34CC3CN(CCN3CCOCC3)C4)cc2)cc1C(=O)NC12CCC(O)(CC1)CC2. The predicted octanol–water partition coefficient (Wildman–Crippen LogP) is 2.80. The summed E-state index contributed by atoms with van der Waals surface area (Å²) < 4.78 is 5.49. The number of pyridine rings is 1. The van der Waals surface area contributed by atoms with E-state index in [-0.39, 0.29) is 17.3 Å². The molecule has 8 rings (SSSR count). The quantitative estimate of drug-likeness (QED) is 0.505.